The minimum Gasteiger partial charge on any atom is -0.743 e. The van der Waals surface area contributed by atoms with Gasteiger partial charge in [0, 0.05) is 6.08 Å². The van der Waals surface area contributed by atoms with Gasteiger partial charge in [0.05, 0.1) is 19.6 Å². The number of hydrogen-bond acceptors (Lipinski definition) is 7. The molecule has 2 heterocycles. The Labute approximate surface area is 175 Å². The molecule has 2 fully saturated rings. The summed E-state index contributed by atoms with van der Waals surface area (Å²) in [6, 6.07) is 0. The third-order valence-electron chi connectivity index (χ3n) is 4.87. The molecule has 2 aliphatic rings. The van der Waals surface area contributed by atoms with E-state index >= 15 is 0 Å². The summed E-state index contributed by atoms with van der Waals surface area (Å²) in [6.07, 6.45) is 2.92. The first-order chi connectivity index (χ1) is 11.5. The van der Waals surface area contributed by atoms with Crippen LogP contribution in [-0.2, 0) is 29.2 Å². The molecule has 0 N–H and O–H groups in total. The van der Waals surface area contributed by atoms with Crippen molar-refractivity contribution >= 4 is 21.9 Å². The molecule has 2 aliphatic heterocycles. The number of Topliss-reactive ketones (excluding diaryl/α,β-unsaturated/α-hetero) is 1. The number of carbonyl (C=O) groups excluding carboxylic acids is 2. The fourth-order valence-corrected chi connectivity index (χ4v) is 4.78. The first kappa shape index (κ1) is 23.3. The van der Waals surface area contributed by atoms with Crippen LogP contribution in [0.2, 0.25) is 0 Å². The molecule has 0 aromatic heterocycles. The molecule has 10 heteroatoms. The zero-order valence-electron chi connectivity index (χ0n) is 15.8. The van der Waals surface area contributed by atoms with Gasteiger partial charge in [-0.1, -0.05) is 0 Å². The summed E-state index contributed by atoms with van der Waals surface area (Å²) in [5, 5.41) is -1.13. The number of allylic oxidation sites excluding steroid dienone is 2. The Morgan fingerprint density at radius 3 is 2.46 bits per heavy atom. The number of carbonyl (C=O) groups is 2. The number of nitrogens with zero attached hydrogens (tertiary/aromatic N) is 1. The van der Waals surface area contributed by atoms with Crippen molar-refractivity contribution < 1.29 is 66.1 Å². The largest absolute Gasteiger partial charge is 1.00 e. The summed E-state index contributed by atoms with van der Waals surface area (Å²) in [5.74, 6) is -0.966. The minimum atomic E-state index is -4.52. The quantitative estimate of drug-likeness (QED) is 0.0988. The average molecular weight is 396 g/mol. The van der Waals surface area contributed by atoms with Crippen LogP contribution < -0.4 is 29.6 Å². The molecule has 2 rings (SSSR count). The van der Waals surface area contributed by atoms with Gasteiger partial charge in [0.2, 0.25) is 0 Å². The number of hydrogen-bond donors (Lipinski definition) is 0. The molecule has 0 bridgehead atoms. The van der Waals surface area contributed by atoms with E-state index in [4.69, 9.17) is 9.47 Å². The summed E-state index contributed by atoms with van der Waals surface area (Å²) >= 11 is 0. The van der Waals surface area contributed by atoms with Crippen LogP contribution in [0.15, 0.2) is 23.6 Å². The standard InChI is InChI=1S/C16H23NO7S.Na/c1-5-23-15(19)12(11(2)18)6-7-13-17(16(3,4)10-24-13)9-8-14(17)25(20,21)22;/h6-7,14H,5,8-10H2,1-4H3;/q;+1. The van der Waals surface area contributed by atoms with E-state index in [1.54, 1.807) is 6.92 Å². The van der Waals surface area contributed by atoms with Crippen LogP contribution in [0.5, 0.6) is 0 Å². The first-order valence-electron chi connectivity index (χ1n) is 8.03. The van der Waals surface area contributed by atoms with E-state index in [1.165, 1.54) is 19.1 Å². The SMILES string of the molecule is CCOC(=O)C(=CC=C1OCC(C)(C)[N+]12CCC2S(=O)(=O)[O-])C(C)=O.[Na+]. The Morgan fingerprint density at radius 1 is 1.42 bits per heavy atom. The molecule has 0 saturated carbocycles. The summed E-state index contributed by atoms with van der Waals surface area (Å²) in [7, 11) is -4.52. The van der Waals surface area contributed by atoms with E-state index in [0.29, 0.717) is 6.54 Å². The molecule has 2 atom stereocenters. The topological polar surface area (TPSA) is 110 Å². The van der Waals surface area contributed by atoms with Gasteiger partial charge in [0.1, 0.15) is 17.7 Å². The van der Waals surface area contributed by atoms with Gasteiger partial charge >= 0.3 is 35.5 Å². The maximum absolute atomic E-state index is 11.9. The Kier molecular flexibility index (Phi) is 7.28. The Balaban J connectivity index is 0.00000338. The molecule has 1 spiro atoms. The number of rotatable bonds is 5. The fraction of sp³-hybridized carbons (Fsp3) is 0.625. The number of ketones is 1. The van der Waals surface area contributed by atoms with Gasteiger partial charge in [-0.15, -0.1) is 0 Å². The Hall–Kier alpha value is -0.710. The van der Waals surface area contributed by atoms with Crippen molar-refractivity contribution in [2.45, 2.75) is 45.0 Å². The Bertz CT molecular complexity index is 757. The average Bonchev–Trinajstić information content (AvgIpc) is 2.68. The third-order valence-corrected chi connectivity index (χ3v) is 6.13. The second-order valence-electron chi connectivity index (χ2n) is 6.79. The zero-order chi connectivity index (χ0) is 19.0. The predicted octanol–water partition coefficient (Wildman–Crippen LogP) is -2.19. The van der Waals surface area contributed by atoms with Crippen molar-refractivity contribution in [2.75, 3.05) is 19.8 Å². The van der Waals surface area contributed by atoms with E-state index in [2.05, 4.69) is 0 Å². The molecule has 2 saturated heterocycles. The van der Waals surface area contributed by atoms with Crippen LogP contribution in [0.25, 0.3) is 0 Å². The molecule has 8 nitrogen and oxygen atoms in total. The van der Waals surface area contributed by atoms with Gasteiger partial charge in [-0.25, -0.2) is 17.7 Å². The minimum absolute atomic E-state index is 0. The summed E-state index contributed by atoms with van der Waals surface area (Å²) in [4.78, 5) is 23.5. The van der Waals surface area contributed by atoms with Crippen molar-refractivity contribution in [3.63, 3.8) is 0 Å². The first-order valence-corrected chi connectivity index (χ1v) is 9.50. The third kappa shape index (κ3) is 3.93. The molecule has 0 aromatic carbocycles. The zero-order valence-corrected chi connectivity index (χ0v) is 18.6. The van der Waals surface area contributed by atoms with E-state index in [-0.39, 0.29) is 65.1 Å². The van der Waals surface area contributed by atoms with Crippen molar-refractivity contribution in [1.82, 2.24) is 0 Å². The summed E-state index contributed by atoms with van der Waals surface area (Å²) < 4.78 is 45.3. The van der Waals surface area contributed by atoms with Crippen LogP contribution in [-0.4, -0.2) is 59.9 Å². The number of quaternary nitrogens is 1. The number of ether oxygens (including phenoxy) is 2. The van der Waals surface area contributed by atoms with Gasteiger partial charge in [-0.05, 0) is 33.8 Å². The molecular weight excluding hydrogens is 373 g/mol. The normalized spacial score (nSPS) is 28.9. The summed E-state index contributed by atoms with van der Waals surface area (Å²) in [5.41, 5.74) is -0.775. The van der Waals surface area contributed by atoms with Crippen molar-refractivity contribution in [2.24, 2.45) is 0 Å². The molecule has 0 aliphatic carbocycles. The second-order valence-corrected chi connectivity index (χ2v) is 8.32. The van der Waals surface area contributed by atoms with E-state index in [0.717, 1.165) is 0 Å². The molecule has 26 heavy (non-hydrogen) atoms. The molecule has 0 amide bonds. The van der Waals surface area contributed by atoms with Gasteiger partial charge in [0.15, 0.2) is 21.3 Å². The van der Waals surface area contributed by atoms with Crippen molar-refractivity contribution in [3.05, 3.63) is 23.6 Å². The maximum atomic E-state index is 11.9. The Morgan fingerprint density at radius 2 is 2.04 bits per heavy atom. The summed E-state index contributed by atoms with van der Waals surface area (Å²) in [6.45, 7) is 7.31. The van der Waals surface area contributed by atoms with Gasteiger partial charge in [-0.3, -0.25) is 4.79 Å². The molecule has 0 aromatic rings. The van der Waals surface area contributed by atoms with E-state index in [1.807, 2.05) is 13.8 Å². The van der Waals surface area contributed by atoms with Crippen LogP contribution in [0.1, 0.15) is 34.1 Å². The molecule has 2 unspecified atom stereocenters. The van der Waals surface area contributed by atoms with Crippen LogP contribution >= 0.6 is 0 Å². The van der Waals surface area contributed by atoms with E-state index in [9.17, 15) is 22.6 Å². The smallest absolute Gasteiger partial charge is 0.743 e. The molecular formula is C16H23NNaO7S+. The maximum Gasteiger partial charge on any atom is 1.00 e. The van der Waals surface area contributed by atoms with Crippen LogP contribution in [0.3, 0.4) is 0 Å². The number of esters is 1. The van der Waals surface area contributed by atoms with Gasteiger partial charge in [0.25, 0.3) is 5.88 Å². The predicted molar refractivity (Wildman–Crippen MR) is 86.7 cm³/mol. The monoisotopic (exact) mass is 396 g/mol. The van der Waals surface area contributed by atoms with Gasteiger partial charge in [-0.2, -0.15) is 0 Å². The van der Waals surface area contributed by atoms with Gasteiger partial charge < -0.3 is 14.0 Å². The van der Waals surface area contributed by atoms with Crippen LogP contribution in [0, 0.1) is 0 Å². The van der Waals surface area contributed by atoms with Crippen LogP contribution in [0.4, 0.5) is 0 Å². The molecule has 0 radical (unpaired) electrons. The molecule has 140 valence electrons. The van der Waals surface area contributed by atoms with Crippen molar-refractivity contribution in [1.29, 1.82) is 0 Å². The fourth-order valence-electron chi connectivity index (χ4n) is 3.45. The second kappa shape index (κ2) is 8.12. The van der Waals surface area contributed by atoms with E-state index < -0.39 is 32.8 Å². The van der Waals surface area contributed by atoms with Crippen molar-refractivity contribution in [3.8, 4) is 0 Å².